The van der Waals surface area contributed by atoms with Crippen molar-refractivity contribution >= 4 is 23.2 Å². The van der Waals surface area contributed by atoms with E-state index in [0.717, 1.165) is 23.1 Å². The van der Waals surface area contributed by atoms with Gasteiger partial charge in [-0.1, -0.05) is 23.7 Å². The smallest absolute Gasteiger partial charge is 0.307 e. The number of halogens is 2. The first-order valence-corrected chi connectivity index (χ1v) is 11.0. The number of fused-ring (bicyclic) bond motifs is 2. The van der Waals surface area contributed by atoms with Gasteiger partial charge >= 0.3 is 5.97 Å². The van der Waals surface area contributed by atoms with Gasteiger partial charge in [0.2, 0.25) is 0 Å². The Hall–Kier alpha value is -3.45. The molecule has 33 heavy (non-hydrogen) atoms. The van der Waals surface area contributed by atoms with Gasteiger partial charge in [0.15, 0.2) is 17.2 Å². The van der Waals surface area contributed by atoms with Crippen molar-refractivity contribution in [1.82, 2.24) is 14.6 Å². The number of hydrogen-bond acceptors (Lipinski definition) is 4. The summed E-state index contributed by atoms with van der Waals surface area (Å²) in [4.78, 5) is 16.3. The lowest BCUT2D eigenvalue weighted by Gasteiger charge is -2.23. The summed E-state index contributed by atoms with van der Waals surface area (Å²) in [6.45, 7) is 4.16. The Bertz CT molecular complexity index is 1430. The van der Waals surface area contributed by atoms with E-state index in [1.165, 1.54) is 6.07 Å². The number of aromatic nitrogens is 3. The van der Waals surface area contributed by atoms with Crippen molar-refractivity contribution in [3.05, 3.63) is 69.6 Å². The molecule has 3 heterocycles. The minimum atomic E-state index is -0.998. The van der Waals surface area contributed by atoms with Crippen LogP contribution in [0.2, 0.25) is 5.02 Å². The molecule has 0 saturated heterocycles. The summed E-state index contributed by atoms with van der Waals surface area (Å²) in [7, 11) is 0. The van der Waals surface area contributed by atoms with E-state index in [4.69, 9.17) is 21.4 Å². The quantitative estimate of drug-likeness (QED) is 0.435. The van der Waals surface area contributed by atoms with Gasteiger partial charge in [0, 0.05) is 39.0 Å². The lowest BCUT2D eigenvalue weighted by Crippen LogP contribution is -2.14. The molecule has 4 aromatic rings. The van der Waals surface area contributed by atoms with Gasteiger partial charge in [0.25, 0.3) is 0 Å². The Labute approximate surface area is 194 Å². The molecule has 0 atom stereocenters. The normalized spacial score (nSPS) is 13.1. The zero-order valence-corrected chi connectivity index (χ0v) is 18.9. The Morgan fingerprint density at radius 2 is 2.09 bits per heavy atom. The highest BCUT2D eigenvalue weighted by Gasteiger charge is 2.26. The van der Waals surface area contributed by atoms with Crippen molar-refractivity contribution < 1.29 is 19.0 Å². The predicted octanol–water partition coefficient (Wildman–Crippen LogP) is 5.42. The second-order valence-corrected chi connectivity index (χ2v) is 8.63. The zero-order valence-electron chi connectivity index (χ0n) is 18.2. The van der Waals surface area contributed by atoms with Crippen LogP contribution >= 0.6 is 11.6 Å². The lowest BCUT2D eigenvalue weighted by molar-refractivity contribution is -0.136. The van der Waals surface area contributed by atoms with Crippen LogP contribution in [0, 0.1) is 19.7 Å². The molecule has 0 aliphatic carbocycles. The molecule has 0 radical (unpaired) electrons. The van der Waals surface area contributed by atoms with Crippen molar-refractivity contribution in [1.29, 1.82) is 0 Å². The molecular formula is C25H21ClFN3O3. The number of carboxylic acid groups (broad SMARTS) is 1. The monoisotopic (exact) mass is 465 g/mol. The number of aryl methyl sites for hydroxylation is 1. The van der Waals surface area contributed by atoms with Gasteiger partial charge in [-0.3, -0.25) is 4.79 Å². The van der Waals surface area contributed by atoms with E-state index in [1.54, 1.807) is 23.6 Å². The van der Waals surface area contributed by atoms with Crippen LogP contribution in [-0.4, -0.2) is 32.3 Å². The Morgan fingerprint density at radius 1 is 1.27 bits per heavy atom. The van der Waals surface area contributed by atoms with Gasteiger partial charge in [0.05, 0.1) is 24.4 Å². The first-order valence-electron chi connectivity index (χ1n) is 10.7. The second kappa shape index (κ2) is 8.15. The van der Waals surface area contributed by atoms with Crippen LogP contribution < -0.4 is 4.74 Å². The molecule has 5 rings (SSSR count). The zero-order chi connectivity index (χ0) is 23.3. The number of carbonyl (C=O) groups is 1. The molecule has 168 valence electrons. The number of nitrogens with zero attached hydrogens (tertiary/aromatic N) is 3. The fourth-order valence-electron chi connectivity index (χ4n) is 4.49. The first-order chi connectivity index (χ1) is 15.8. The predicted molar refractivity (Wildman–Crippen MR) is 123 cm³/mol. The number of hydrogen-bond donors (Lipinski definition) is 1. The van der Waals surface area contributed by atoms with Crippen molar-refractivity contribution in [2.45, 2.75) is 33.1 Å². The molecular weight excluding hydrogens is 445 g/mol. The molecule has 0 fully saturated rings. The molecule has 0 unspecified atom stereocenters. The summed E-state index contributed by atoms with van der Waals surface area (Å²) in [5, 5.41) is 14.9. The van der Waals surface area contributed by atoms with E-state index in [1.807, 2.05) is 25.1 Å². The van der Waals surface area contributed by atoms with E-state index in [9.17, 15) is 9.90 Å². The summed E-state index contributed by atoms with van der Waals surface area (Å²) in [5.74, 6) is -1.18. The molecule has 1 aliphatic heterocycles. The highest BCUT2D eigenvalue weighted by atomic mass is 35.5. The fourth-order valence-corrected chi connectivity index (χ4v) is 4.68. The van der Waals surface area contributed by atoms with Crippen LogP contribution in [0.1, 0.15) is 28.8 Å². The van der Waals surface area contributed by atoms with E-state index < -0.39 is 11.8 Å². The third-order valence-corrected chi connectivity index (χ3v) is 6.28. The largest absolute Gasteiger partial charge is 0.490 e. The summed E-state index contributed by atoms with van der Waals surface area (Å²) in [5.41, 5.74) is 5.81. The summed E-state index contributed by atoms with van der Waals surface area (Å²) >= 11 is 6.17. The molecule has 0 spiro atoms. The molecule has 1 aliphatic rings. The molecule has 8 heteroatoms. The Kier molecular flexibility index (Phi) is 5.29. The van der Waals surface area contributed by atoms with Crippen LogP contribution in [0.3, 0.4) is 0 Å². The number of carboxylic acids is 1. The molecule has 0 amide bonds. The number of ether oxygens (including phenoxy) is 1. The highest BCUT2D eigenvalue weighted by molar-refractivity contribution is 6.30. The minimum absolute atomic E-state index is 0.259. The minimum Gasteiger partial charge on any atom is -0.490 e. The van der Waals surface area contributed by atoms with Crippen LogP contribution in [0.15, 0.2) is 36.4 Å². The third kappa shape index (κ3) is 3.72. The Morgan fingerprint density at radius 3 is 2.85 bits per heavy atom. The van der Waals surface area contributed by atoms with Gasteiger partial charge in [-0.05, 0) is 50.5 Å². The molecule has 1 N–H and O–H groups in total. The van der Waals surface area contributed by atoms with Crippen LogP contribution in [0.4, 0.5) is 4.39 Å². The summed E-state index contributed by atoms with van der Waals surface area (Å²) in [6, 6.07) is 10.5. The average Bonchev–Trinajstić information content (AvgIpc) is 3.20. The molecule has 2 aromatic carbocycles. The molecule has 6 nitrogen and oxygen atoms in total. The molecule has 0 saturated carbocycles. The van der Waals surface area contributed by atoms with Crippen molar-refractivity contribution in [2.24, 2.45) is 0 Å². The van der Waals surface area contributed by atoms with E-state index >= 15 is 4.39 Å². The maximum atomic E-state index is 15.1. The third-order valence-electron chi connectivity index (χ3n) is 6.05. The van der Waals surface area contributed by atoms with E-state index in [-0.39, 0.29) is 12.2 Å². The lowest BCUT2D eigenvalue weighted by atomic mass is 9.91. The maximum absolute atomic E-state index is 15.1. The van der Waals surface area contributed by atoms with Gasteiger partial charge in [-0.25, -0.2) is 13.9 Å². The van der Waals surface area contributed by atoms with Crippen molar-refractivity contribution in [3.8, 4) is 28.3 Å². The van der Waals surface area contributed by atoms with E-state index in [2.05, 4.69) is 4.98 Å². The molecule has 0 bridgehead atoms. The SMILES string of the molecule is Cc1nc2cc(-c3cccc(Cl)c3)nn2c(-c2cc(F)c3c(c2C)CCCO3)c1CC(=O)O. The first kappa shape index (κ1) is 21.4. The van der Waals surface area contributed by atoms with Gasteiger partial charge in [-0.15, -0.1) is 0 Å². The standard InChI is InChI=1S/C25H21ClFN3O3/c1-13-17-7-4-8-33-25(17)20(27)10-18(13)24-19(11-23(31)32)14(2)28-22-12-21(29-30(22)24)15-5-3-6-16(26)9-15/h3,5-6,9-10,12H,4,7-8,11H2,1-2H3,(H,31,32). The second-order valence-electron chi connectivity index (χ2n) is 8.20. The maximum Gasteiger partial charge on any atom is 0.307 e. The fraction of sp³-hybridized carbons (Fsp3) is 0.240. The van der Waals surface area contributed by atoms with Gasteiger partial charge in [-0.2, -0.15) is 5.10 Å². The Balaban J connectivity index is 1.83. The average molecular weight is 466 g/mol. The van der Waals surface area contributed by atoms with Crippen molar-refractivity contribution in [2.75, 3.05) is 6.61 Å². The summed E-state index contributed by atoms with van der Waals surface area (Å²) in [6.07, 6.45) is 1.23. The number of benzene rings is 2. The van der Waals surface area contributed by atoms with Gasteiger partial charge < -0.3 is 9.84 Å². The van der Waals surface area contributed by atoms with Gasteiger partial charge in [0.1, 0.15) is 0 Å². The van der Waals surface area contributed by atoms with Crippen LogP contribution in [-0.2, 0) is 17.6 Å². The highest BCUT2D eigenvalue weighted by Crippen LogP contribution is 2.39. The van der Waals surface area contributed by atoms with Crippen molar-refractivity contribution in [3.63, 3.8) is 0 Å². The van der Waals surface area contributed by atoms with E-state index in [0.29, 0.717) is 51.9 Å². The topological polar surface area (TPSA) is 76.7 Å². The van der Waals surface area contributed by atoms with Crippen LogP contribution in [0.5, 0.6) is 5.75 Å². The number of rotatable bonds is 4. The number of aliphatic carboxylic acids is 1. The summed E-state index contributed by atoms with van der Waals surface area (Å²) < 4.78 is 22.3. The molecule has 2 aromatic heterocycles. The van der Waals surface area contributed by atoms with Crippen LogP contribution in [0.25, 0.3) is 28.2 Å².